The number of anilines is 1. The second-order valence-corrected chi connectivity index (χ2v) is 4.46. The number of hydrogen-bond acceptors (Lipinski definition) is 2. The molecule has 3 heteroatoms. The molecule has 1 rings (SSSR count). The fourth-order valence-corrected chi connectivity index (χ4v) is 1.44. The molecule has 0 aliphatic heterocycles. The molecule has 0 heterocycles. The molecule has 88 valence electrons. The number of hydrogen-bond donors (Lipinski definition) is 2. The maximum Gasteiger partial charge on any atom is 0.336 e. The third-order valence-corrected chi connectivity index (χ3v) is 2.95. The number of carboxylic acid groups (broad SMARTS) is 1. The van der Waals surface area contributed by atoms with E-state index in [4.69, 9.17) is 5.11 Å². The van der Waals surface area contributed by atoms with Crippen LogP contribution in [0.5, 0.6) is 0 Å². The van der Waals surface area contributed by atoms with Crippen LogP contribution in [0.25, 0.3) is 0 Å². The third-order valence-electron chi connectivity index (χ3n) is 2.95. The minimum atomic E-state index is -0.877. The van der Waals surface area contributed by atoms with Crippen LogP contribution in [0.2, 0.25) is 0 Å². The minimum absolute atomic E-state index is 0.322. The van der Waals surface area contributed by atoms with Gasteiger partial charge in [0.15, 0.2) is 0 Å². The Bertz CT molecular complexity index is 386. The highest BCUT2D eigenvalue weighted by atomic mass is 16.4. The summed E-state index contributed by atoms with van der Waals surface area (Å²) in [7, 11) is 0. The summed E-state index contributed by atoms with van der Waals surface area (Å²) in [5.74, 6) is -0.369. The summed E-state index contributed by atoms with van der Waals surface area (Å²) in [6, 6.07) is 5.64. The Kier molecular flexibility index (Phi) is 3.93. The molecule has 2 N–H and O–H groups in total. The van der Waals surface area contributed by atoms with E-state index in [9.17, 15) is 4.79 Å². The van der Waals surface area contributed by atoms with Gasteiger partial charge in [0, 0.05) is 11.7 Å². The summed E-state index contributed by atoms with van der Waals surface area (Å²) in [5, 5.41) is 12.3. The molecule has 0 amide bonds. The molecular weight excluding hydrogens is 202 g/mol. The molecular formula is C13H19NO2. The maximum atomic E-state index is 11.0. The Morgan fingerprint density at radius 3 is 2.44 bits per heavy atom. The average molecular weight is 221 g/mol. The van der Waals surface area contributed by atoms with Crippen molar-refractivity contribution in [1.29, 1.82) is 0 Å². The molecule has 0 radical (unpaired) electrons. The second kappa shape index (κ2) is 5.01. The van der Waals surface area contributed by atoms with Crippen molar-refractivity contribution < 1.29 is 9.90 Å². The van der Waals surface area contributed by atoms with Gasteiger partial charge in [0.1, 0.15) is 0 Å². The first-order valence-electron chi connectivity index (χ1n) is 5.53. The maximum absolute atomic E-state index is 11.0. The summed E-state index contributed by atoms with van der Waals surface area (Å²) in [6.45, 7) is 8.19. The summed E-state index contributed by atoms with van der Waals surface area (Å²) in [5.41, 5.74) is 2.06. The van der Waals surface area contributed by atoms with Gasteiger partial charge >= 0.3 is 5.97 Å². The van der Waals surface area contributed by atoms with Crippen molar-refractivity contribution in [2.45, 2.75) is 33.7 Å². The molecule has 0 saturated carbocycles. The Labute approximate surface area is 96.5 Å². The van der Waals surface area contributed by atoms with Crippen molar-refractivity contribution in [1.82, 2.24) is 0 Å². The fourth-order valence-electron chi connectivity index (χ4n) is 1.44. The van der Waals surface area contributed by atoms with Crippen LogP contribution in [0.15, 0.2) is 18.2 Å². The van der Waals surface area contributed by atoms with Gasteiger partial charge in [-0.3, -0.25) is 0 Å². The van der Waals surface area contributed by atoms with Gasteiger partial charge in [-0.1, -0.05) is 19.9 Å². The van der Waals surface area contributed by atoms with E-state index in [1.807, 2.05) is 13.0 Å². The molecule has 0 aliphatic rings. The predicted octanol–water partition coefficient (Wildman–Crippen LogP) is 3.15. The summed E-state index contributed by atoms with van der Waals surface area (Å²) < 4.78 is 0. The van der Waals surface area contributed by atoms with Crippen molar-refractivity contribution in [2.75, 3.05) is 5.32 Å². The number of carboxylic acids is 1. The highest BCUT2D eigenvalue weighted by Gasteiger charge is 2.12. The monoisotopic (exact) mass is 221 g/mol. The van der Waals surface area contributed by atoms with Crippen LogP contribution in [-0.4, -0.2) is 17.1 Å². The summed E-state index contributed by atoms with van der Waals surface area (Å²) in [6.07, 6.45) is 0. The van der Waals surface area contributed by atoms with E-state index in [0.29, 0.717) is 17.5 Å². The van der Waals surface area contributed by atoms with Crippen LogP contribution in [0.3, 0.4) is 0 Å². The predicted molar refractivity (Wildman–Crippen MR) is 66.1 cm³/mol. The lowest BCUT2D eigenvalue weighted by molar-refractivity contribution is 0.0696. The molecule has 1 atom stereocenters. The van der Waals surface area contributed by atoms with Crippen LogP contribution in [-0.2, 0) is 0 Å². The standard InChI is InChI=1S/C13H19NO2/c1-8(2)10(4)14-12-7-5-6-11(9(12)3)13(15)16/h5-8,10,14H,1-4H3,(H,15,16). The van der Waals surface area contributed by atoms with E-state index in [0.717, 1.165) is 11.3 Å². The Balaban J connectivity index is 2.98. The van der Waals surface area contributed by atoms with Crippen LogP contribution in [0.4, 0.5) is 5.69 Å². The first kappa shape index (κ1) is 12.6. The lowest BCUT2D eigenvalue weighted by atomic mass is 10.0. The summed E-state index contributed by atoms with van der Waals surface area (Å²) >= 11 is 0. The van der Waals surface area contributed by atoms with Gasteiger partial charge in [-0.25, -0.2) is 4.79 Å². The Hall–Kier alpha value is -1.51. The molecule has 0 aliphatic carbocycles. The number of nitrogens with one attached hydrogen (secondary N) is 1. The van der Waals surface area contributed by atoms with Crippen molar-refractivity contribution in [3.63, 3.8) is 0 Å². The van der Waals surface area contributed by atoms with Crippen molar-refractivity contribution in [3.05, 3.63) is 29.3 Å². The molecule has 0 fully saturated rings. The normalized spacial score (nSPS) is 12.6. The second-order valence-electron chi connectivity index (χ2n) is 4.46. The Morgan fingerprint density at radius 1 is 1.31 bits per heavy atom. The van der Waals surface area contributed by atoms with E-state index in [-0.39, 0.29) is 0 Å². The topological polar surface area (TPSA) is 49.3 Å². The van der Waals surface area contributed by atoms with Gasteiger partial charge in [-0.2, -0.15) is 0 Å². The van der Waals surface area contributed by atoms with Crippen LogP contribution >= 0.6 is 0 Å². The highest BCUT2D eigenvalue weighted by molar-refractivity contribution is 5.91. The molecule has 1 aromatic rings. The van der Waals surface area contributed by atoms with Gasteiger partial charge in [-0.15, -0.1) is 0 Å². The third kappa shape index (κ3) is 2.75. The van der Waals surface area contributed by atoms with E-state index in [1.165, 1.54) is 0 Å². The van der Waals surface area contributed by atoms with Crippen LogP contribution in [0.1, 0.15) is 36.7 Å². The molecule has 0 saturated heterocycles. The van der Waals surface area contributed by atoms with Crippen LogP contribution in [0, 0.1) is 12.8 Å². The van der Waals surface area contributed by atoms with E-state index in [2.05, 4.69) is 26.1 Å². The molecule has 1 aromatic carbocycles. The van der Waals surface area contributed by atoms with E-state index >= 15 is 0 Å². The lowest BCUT2D eigenvalue weighted by Gasteiger charge is -2.20. The molecule has 0 aromatic heterocycles. The number of carbonyl (C=O) groups is 1. The zero-order chi connectivity index (χ0) is 12.3. The van der Waals surface area contributed by atoms with Gasteiger partial charge in [0.25, 0.3) is 0 Å². The zero-order valence-electron chi connectivity index (χ0n) is 10.2. The fraction of sp³-hybridized carbons (Fsp3) is 0.462. The van der Waals surface area contributed by atoms with Crippen molar-refractivity contribution in [2.24, 2.45) is 5.92 Å². The number of benzene rings is 1. The SMILES string of the molecule is Cc1c(NC(C)C(C)C)cccc1C(=O)O. The highest BCUT2D eigenvalue weighted by Crippen LogP contribution is 2.21. The van der Waals surface area contributed by atoms with Gasteiger partial charge in [0.2, 0.25) is 0 Å². The molecule has 0 bridgehead atoms. The lowest BCUT2D eigenvalue weighted by Crippen LogP contribution is -2.22. The Morgan fingerprint density at radius 2 is 1.94 bits per heavy atom. The molecule has 0 spiro atoms. The smallest absolute Gasteiger partial charge is 0.336 e. The quantitative estimate of drug-likeness (QED) is 0.821. The van der Waals surface area contributed by atoms with Crippen molar-refractivity contribution in [3.8, 4) is 0 Å². The number of aromatic carboxylic acids is 1. The summed E-state index contributed by atoms with van der Waals surface area (Å²) in [4.78, 5) is 11.0. The van der Waals surface area contributed by atoms with E-state index in [1.54, 1.807) is 12.1 Å². The number of rotatable bonds is 4. The van der Waals surface area contributed by atoms with Crippen LogP contribution < -0.4 is 5.32 Å². The van der Waals surface area contributed by atoms with Crippen molar-refractivity contribution >= 4 is 11.7 Å². The first-order valence-corrected chi connectivity index (χ1v) is 5.53. The minimum Gasteiger partial charge on any atom is -0.478 e. The largest absolute Gasteiger partial charge is 0.478 e. The zero-order valence-corrected chi connectivity index (χ0v) is 10.2. The molecule has 1 unspecified atom stereocenters. The van der Waals surface area contributed by atoms with Gasteiger partial charge in [0.05, 0.1) is 5.56 Å². The van der Waals surface area contributed by atoms with Gasteiger partial charge in [-0.05, 0) is 37.5 Å². The molecule has 3 nitrogen and oxygen atoms in total. The van der Waals surface area contributed by atoms with E-state index < -0.39 is 5.97 Å². The first-order chi connectivity index (χ1) is 7.43. The molecule has 16 heavy (non-hydrogen) atoms. The average Bonchev–Trinajstić information content (AvgIpc) is 2.20. The van der Waals surface area contributed by atoms with Gasteiger partial charge < -0.3 is 10.4 Å².